The Balaban J connectivity index is 1.95. The number of nitrogens with zero attached hydrogens (tertiary/aromatic N) is 3. The van der Waals surface area contributed by atoms with Gasteiger partial charge in [0.25, 0.3) is 0 Å². The Morgan fingerprint density at radius 3 is 2.86 bits per heavy atom. The third-order valence-electron chi connectivity index (χ3n) is 1.51. The van der Waals surface area contributed by atoms with E-state index in [0.29, 0.717) is 0 Å². The molecule has 0 spiro atoms. The Morgan fingerprint density at radius 2 is 2.14 bits per heavy atom. The van der Waals surface area contributed by atoms with Crippen LogP contribution in [0.1, 0.15) is 0 Å². The predicted octanol–water partition coefficient (Wildman–Crippen LogP) is 2.31. The number of rotatable bonds is 3. The average Bonchev–Trinajstić information content (AvgIpc) is 2.72. The van der Waals surface area contributed by atoms with Crippen molar-refractivity contribution in [1.82, 2.24) is 9.97 Å². The van der Waals surface area contributed by atoms with Gasteiger partial charge in [0.05, 0.1) is 6.34 Å². The fourth-order valence-electron chi connectivity index (χ4n) is 0.890. The van der Waals surface area contributed by atoms with E-state index in [0.717, 1.165) is 10.8 Å². The van der Waals surface area contributed by atoms with Crippen molar-refractivity contribution in [1.29, 1.82) is 0 Å². The molecule has 0 aromatic carbocycles. The summed E-state index contributed by atoms with van der Waals surface area (Å²) in [5, 5.41) is 5.65. The third kappa shape index (κ3) is 2.37. The summed E-state index contributed by atoms with van der Waals surface area (Å²) in [6, 6.07) is 3.74. The molecule has 2 rings (SSSR count). The minimum Gasteiger partial charge on any atom is -0.346 e. The molecule has 70 valence electrons. The number of anilines is 1. The van der Waals surface area contributed by atoms with Gasteiger partial charge in [-0.05, 0) is 12.1 Å². The minimum absolute atomic E-state index is 0.742. The van der Waals surface area contributed by atoms with Crippen molar-refractivity contribution in [2.24, 2.45) is 4.99 Å². The van der Waals surface area contributed by atoms with Crippen LogP contribution in [0.4, 0.5) is 10.8 Å². The highest BCUT2D eigenvalue weighted by molar-refractivity contribution is 7.13. The summed E-state index contributed by atoms with van der Waals surface area (Å²) >= 11 is 1.50. The van der Waals surface area contributed by atoms with Gasteiger partial charge in [-0.15, -0.1) is 11.3 Å². The number of aliphatic imine (C=N–C) groups is 1. The second-order valence-corrected chi connectivity index (χ2v) is 3.33. The zero-order chi connectivity index (χ0) is 9.64. The standard InChI is InChI=1S/C9H8N4S/c1-3-10-4-2-8(1)12-7-13-9-11-5-6-14-9/h1-7H,(H,10,11,12,13). The Bertz CT molecular complexity index is 396. The van der Waals surface area contributed by atoms with Gasteiger partial charge in [0.1, 0.15) is 0 Å². The largest absolute Gasteiger partial charge is 0.346 e. The van der Waals surface area contributed by atoms with Crippen molar-refractivity contribution in [2.45, 2.75) is 0 Å². The number of hydrogen-bond donors (Lipinski definition) is 1. The lowest BCUT2D eigenvalue weighted by molar-refractivity contribution is 1.33. The molecule has 0 aliphatic carbocycles. The van der Waals surface area contributed by atoms with Crippen molar-refractivity contribution in [3.8, 4) is 0 Å². The molecule has 0 radical (unpaired) electrons. The second kappa shape index (κ2) is 4.48. The van der Waals surface area contributed by atoms with E-state index in [4.69, 9.17) is 0 Å². The molecule has 0 fully saturated rings. The Labute approximate surface area is 85.4 Å². The van der Waals surface area contributed by atoms with Gasteiger partial charge in [0, 0.05) is 29.7 Å². The molecule has 2 aromatic heterocycles. The molecule has 0 saturated carbocycles. The average molecular weight is 204 g/mol. The van der Waals surface area contributed by atoms with E-state index >= 15 is 0 Å². The molecule has 4 nitrogen and oxygen atoms in total. The van der Waals surface area contributed by atoms with Crippen LogP contribution in [0.5, 0.6) is 0 Å². The molecule has 0 bridgehead atoms. The van der Waals surface area contributed by atoms with Crippen molar-refractivity contribution in [2.75, 3.05) is 5.32 Å². The van der Waals surface area contributed by atoms with Crippen LogP contribution >= 0.6 is 11.3 Å². The molecule has 5 heteroatoms. The summed E-state index contributed by atoms with van der Waals surface area (Å²) in [5.74, 6) is 0. The molecular formula is C9H8N4S. The number of nitrogens with one attached hydrogen (secondary N) is 1. The van der Waals surface area contributed by atoms with E-state index in [9.17, 15) is 0 Å². The second-order valence-electron chi connectivity index (χ2n) is 2.45. The van der Waals surface area contributed by atoms with Crippen LogP contribution in [0.15, 0.2) is 41.1 Å². The molecule has 0 aliphatic rings. The van der Waals surface area contributed by atoms with Crippen LogP contribution in [0.25, 0.3) is 0 Å². The lowest BCUT2D eigenvalue weighted by Crippen LogP contribution is -1.93. The molecule has 1 N–H and O–H groups in total. The SMILES string of the molecule is C(=N\c1nccs1)/Nc1ccncc1. The first-order valence-electron chi connectivity index (χ1n) is 4.04. The van der Waals surface area contributed by atoms with Crippen molar-refractivity contribution >= 4 is 28.5 Å². The lowest BCUT2D eigenvalue weighted by Gasteiger charge is -1.96. The summed E-state index contributed by atoms with van der Waals surface area (Å²) < 4.78 is 0. The van der Waals surface area contributed by atoms with E-state index in [1.54, 1.807) is 24.9 Å². The van der Waals surface area contributed by atoms with Crippen LogP contribution in [0.2, 0.25) is 0 Å². The van der Waals surface area contributed by atoms with Gasteiger partial charge >= 0.3 is 0 Å². The number of thiazole rings is 1. The van der Waals surface area contributed by atoms with E-state index in [1.165, 1.54) is 11.3 Å². The highest BCUT2D eigenvalue weighted by Crippen LogP contribution is 2.13. The van der Waals surface area contributed by atoms with Gasteiger partial charge in [0.2, 0.25) is 5.13 Å². The van der Waals surface area contributed by atoms with Crippen LogP contribution < -0.4 is 5.32 Å². The molecule has 0 atom stereocenters. The maximum Gasteiger partial charge on any atom is 0.210 e. The smallest absolute Gasteiger partial charge is 0.210 e. The first-order valence-corrected chi connectivity index (χ1v) is 4.92. The highest BCUT2D eigenvalue weighted by Gasteiger charge is 1.88. The van der Waals surface area contributed by atoms with Crippen molar-refractivity contribution in [3.05, 3.63) is 36.1 Å². The first kappa shape index (κ1) is 8.83. The molecule has 0 unspecified atom stereocenters. The van der Waals surface area contributed by atoms with Gasteiger partial charge in [-0.1, -0.05) is 0 Å². The van der Waals surface area contributed by atoms with Crippen LogP contribution in [0.3, 0.4) is 0 Å². The Hall–Kier alpha value is -1.75. The van der Waals surface area contributed by atoms with Crippen LogP contribution in [-0.2, 0) is 0 Å². The lowest BCUT2D eigenvalue weighted by atomic mass is 10.4. The van der Waals surface area contributed by atoms with Crippen molar-refractivity contribution in [3.63, 3.8) is 0 Å². The fraction of sp³-hybridized carbons (Fsp3) is 0. The van der Waals surface area contributed by atoms with Crippen molar-refractivity contribution < 1.29 is 0 Å². The number of pyridine rings is 1. The fourth-order valence-corrected chi connectivity index (χ4v) is 1.37. The van der Waals surface area contributed by atoms with Gasteiger partial charge in [0.15, 0.2) is 0 Å². The summed E-state index contributed by atoms with van der Waals surface area (Å²) in [6.45, 7) is 0. The van der Waals surface area contributed by atoms with Crippen LogP contribution in [0, 0.1) is 0 Å². The number of aromatic nitrogens is 2. The van der Waals surface area contributed by atoms with E-state index in [1.807, 2.05) is 17.5 Å². The quantitative estimate of drug-likeness (QED) is 0.616. The summed E-state index contributed by atoms with van der Waals surface area (Å²) in [4.78, 5) is 12.0. The molecule has 2 aromatic rings. The Morgan fingerprint density at radius 1 is 1.29 bits per heavy atom. The van der Waals surface area contributed by atoms with E-state index in [-0.39, 0.29) is 0 Å². The van der Waals surface area contributed by atoms with Crippen LogP contribution in [-0.4, -0.2) is 16.3 Å². The molecule has 0 amide bonds. The molecular weight excluding hydrogens is 196 g/mol. The zero-order valence-electron chi connectivity index (χ0n) is 7.29. The summed E-state index contributed by atoms with van der Waals surface area (Å²) in [7, 11) is 0. The normalized spacial score (nSPS) is 10.6. The highest BCUT2D eigenvalue weighted by atomic mass is 32.1. The van der Waals surface area contributed by atoms with Gasteiger partial charge in [-0.3, -0.25) is 4.98 Å². The number of hydrogen-bond acceptors (Lipinski definition) is 4. The first-order chi connectivity index (χ1) is 6.95. The molecule has 2 heterocycles. The van der Waals surface area contributed by atoms with Gasteiger partial charge < -0.3 is 5.32 Å². The Kier molecular flexibility index (Phi) is 2.82. The molecule has 14 heavy (non-hydrogen) atoms. The predicted molar refractivity (Wildman–Crippen MR) is 58.1 cm³/mol. The topological polar surface area (TPSA) is 50.2 Å². The maximum absolute atomic E-state index is 4.11. The summed E-state index contributed by atoms with van der Waals surface area (Å²) in [5.41, 5.74) is 0.959. The van der Waals surface area contributed by atoms with Gasteiger partial charge in [-0.25, -0.2) is 9.98 Å². The van der Waals surface area contributed by atoms with E-state index < -0.39 is 0 Å². The third-order valence-corrected chi connectivity index (χ3v) is 2.19. The monoisotopic (exact) mass is 204 g/mol. The molecule has 0 saturated heterocycles. The minimum atomic E-state index is 0.742. The van der Waals surface area contributed by atoms with E-state index in [2.05, 4.69) is 20.3 Å². The summed E-state index contributed by atoms with van der Waals surface area (Å²) in [6.07, 6.45) is 6.79. The molecule has 0 aliphatic heterocycles. The van der Waals surface area contributed by atoms with Gasteiger partial charge in [-0.2, -0.15) is 0 Å². The zero-order valence-corrected chi connectivity index (χ0v) is 8.11. The maximum atomic E-state index is 4.11.